The first kappa shape index (κ1) is 22.5. The van der Waals surface area contributed by atoms with E-state index >= 15 is 0 Å². The molecule has 2 aromatic carbocycles. The Labute approximate surface area is 185 Å². The van der Waals surface area contributed by atoms with Crippen LogP contribution in [0.5, 0.6) is 5.75 Å². The quantitative estimate of drug-likeness (QED) is 0.219. The molecule has 2 atom stereocenters. The molecule has 0 bridgehead atoms. The molecule has 3 aromatic rings. The number of alkyl halides is 1. The van der Waals surface area contributed by atoms with E-state index in [1.807, 2.05) is 55.5 Å². The zero-order chi connectivity index (χ0) is 21.3. The van der Waals surface area contributed by atoms with E-state index in [1.165, 1.54) is 6.07 Å². The molecule has 160 valence electrons. The molecule has 0 saturated heterocycles. The molecule has 1 N–H and O–H groups in total. The van der Waals surface area contributed by atoms with Gasteiger partial charge in [-0.25, -0.2) is 0 Å². The Balaban J connectivity index is 1.85. The summed E-state index contributed by atoms with van der Waals surface area (Å²) in [6.45, 7) is 5.14. The van der Waals surface area contributed by atoms with Crippen LogP contribution in [0, 0.1) is 0 Å². The zero-order valence-electron chi connectivity index (χ0n) is 17.4. The summed E-state index contributed by atoms with van der Waals surface area (Å²) >= 11 is 3.56. The fourth-order valence-corrected chi connectivity index (χ4v) is 3.74. The third-order valence-electron chi connectivity index (χ3n) is 4.82. The van der Waals surface area contributed by atoms with Crippen LogP contribution in [-0.4, -0.2) is 23.2 Å². The molecule has 0 fully saturated rings. The van der Waals surface area contributed by atoms with Gasteiger partial charge in [0.15, 0.2) is 6.29 Å². The lowest BCUT2D eigenvalue weighted by Gasteiger charge is -2.23. The molecule has 0 saturated carbocycles. The summed E-state index contributed by atoms with van der Waals surface area (Å²) in [5.41, 5.74) is 2.53. The molecule has 0 amide bonds. The van der Waals surface area contributed by atoms with Crippen LogP contribution in [-0.2, 0) is 16.1 Å². The van der Waals surface area contributed by atoms with Crippen molar-refractivity contribution < 1.29 is 14.2 Å². The third kappa shape index (κ3) is 5.94. The zero-order valence-corrected chi connectivity index (χ0v) is 19.0. The van der Waals surface area contributed by atoms with Gasteiger partial charge < -0.3 is 19.2 Å². The minimum atomic E-state index is -0.328. The van der Waals surface area contributed by atoms with Gasteiger partial charge in [0.05, 0.1) is 11.6 Å². The number of aromatic nitrogens is 1. The van der Waals surface area contributed by atoms with Crippen molar-refractivity contribution in [2.75, 3.05) is 11.9 Å². The molecular weight excluding hydrogens is 446 g/mol. The normalized spacial score (nSPS) is 13.3. The van der Waals surface area contributed by atoms with E-state index in [-0.39, 0.29) is 18.0 Å². The van der Waals surface area contributed by atoms with Crippen molar-refractivity contribution in [3.63, 3.8) is 0 Å². The van der Waals surface area contributed by atoms with Gasteiger partial charge in [-0.2, -0.15) is 0 Å². The number of benzene rings is 2. The number of H-pyrrole nitrogens is 1. The van der Waals surface area contributed by atoms with Crippen LogP contribution >= 0.6 is 15.9 Å². The van der Waals surface area contributed by atoms with E-state index in [0.717, 1.165) is 29.4 Å². The summed E-state index contributed by atoms with van der Waals surface area (Å²) in [5, 5.41) is 1.50. The van der Waals surface area contributed by atoms with Crippen molar-refractivity contribution in [1.82, 2.24) is 4.98 Å². The molecule has 6 heteroatoms. The number of pyridine rings is 1. The smallest absolute Gasteiger partial charge is 0.248 e. The molecule has 0 aliphatic rings. The van der Waals surface area contributed by atoms with Gasteiger partial charge in [-0.15, -0.1) is 0 Å². The average molecular weight is 474 g/mol. The molecule has 5 nitrogen and oxygen atoms in total. The van der Waals surface area contributed by atoms with Gasteiger partial charge in [-0.05, 0) is 36.6 Å². The number of hydrogen-bond acceptors (Lipinski definition) is 4. The summed E-state index contributed by atoms with van der Waals surface area (Å²) in [7, 11) is 0. The highest BCUT2D eigenvalue weighted by Gasteiger charge is 2.19. The van der Waals surface area contributed by atoms with Crippen LogP contribution in [0.4, 0.5) is 0 Å². The molecule has 0 spiro atoms. The van der Waals surface area contributed by atoms with Gasteiger partial charge in [0, 0.05) is 23.4 Å². The van der Waals surface area contributed by atoms with Crippen LogP contribution in [0.2, 0.25) is 0 Å². The minimum Gasteiger partial charge on any atom is -0.487 e. The average Bonchev–Trinajstić information content (AvgIpc) is 2.77. The number of unbranched alkanes of at least 4 members (excludes halogenated alkanes) is 1. The number of nitrogens with one attached hydrogen (secondary N) is 1. The number of fused-ring (bicyclic) bond motifs is 1. The van der Waals surface area contributed by atoms with Gasteiger partial charge in [0.1, 0.15) is 12.4 Å². The maximum atomic E-state index is 12.0. The van der Waals surface area contributed by atoms with Gasteiger partial charge in [0.2, 0.25) is 5.56 Å². The van der Waals surface area contributed by atoms with E-state index in [1.54, 1.807) is 0 Å². The van der Waals surface area contributed by atoms with Crippen molar-refractivity contribution in [3.8, 4) is 5.75 Å². The van der Waals surface area contributed by atoms with Crippen LogP contribution in [0.15, 0.2) is 59.4 Å². The van der Waals surface area contributed by atoms with E-state index < -0.39 is 0 Å². The highest BCUT2D eigenvalue weighted by Crippen LogP contribution is 2.33. The number of rotatable bonds is 11. The Kier molecular flexibility index (Phi) is 8.49. The standard InChI is InChI=1S/C24H28BrNO4/c1-3-4-14-28-17(2)30-22(15-25)19-10-12-21(24-20(19)11-13-23(27)26-24)29-16-18-8-6-5-7-9-18/h5-13,17,22H,3-4,14-16H2,1-2H3,(H,26,27)/t17?,22-/m0/s1. The number of ether oxygens (including phenoxy) is 3. The van der Waals surface area contributed by atoms with Gasteiger partial charge >= 0.3 is 0 Å². The molecular formula is C24H28BrNO4. The largest absolute Gasteiger partial charge is 0.487 e. The van der Waals surface area contributed by atoms with Crippen molar-refractivity contribution in [2.24, 2.45) is 0 Å². The first-order chi connectivity index (χ1) is 14.6. The predicted octanol–water partition coefficient (Wildman–Crippen LogP) is 5.72. The Morgan fingerprint density at radius 3 is 2.60 bits per heavy atom. The van der Waals surface area contributed by atoms with Crippen molar-refractivity contribution in [1.29, 1.82) is 0 Å². The molecule has 1 unspecified atom stereocenters. The number of halogens is 1. The summed E-state index contributed by atoms with van der Waals surface area (Å²) in [5.74, 6) is 0.635. The second-order valence-electron chi connectivity index (χ2n) is 7.11. The Hall–Kier alpha value is -2.15. The maximum absolute atomic E-state index is 12.0. The number of aromatic amines is 1. The molecule has 3 rings (SSSR count). The van der Waals surface area contributed by atoms with E-state index in [9.17, 15) is 4.79 Å². The predicted molar refractivity (Wildman–Crippen MR) is 123 cm³/mol. The molecule has 30 heavy (non-hydrogen) atoms. The van der Waals surface area contributed by atoms with Crippen molar-refractivity contribution in [3.05, 3.63) is 76.1 Å². The topological polar surface area (TPSA) is 60.6 Å². The SMILES string of the molecule is CCCCOC(C)O[C@@H](CBr)c1ccc(OCc2ccccc2)c2[nH]c(=O)ccc12. The maximum Gasteiger partial charge on any atom is 0.248 e. The minimum absolute atomic E-state index is 0.170. The lowest BCUT2D eigenvalue weighted by Crippen LogP contribution is -2.19. The summed E-state index contributed by atoms with van der Waals surface area (Å²) in [4.78, 5) is 14.9. The summed E-state index contributed by atoms with van der Waals surface area (Å²) in [6, 6.07) is 17.2. The van der Waals surface area contributed by atoms with Crippen LogP contribution in [0.3, 0.4) is 0 Å². The monoisotopic (exact) mass is 473 g/mol. The van der Waals surface area contributed by atoms with Gasteiger partial charge in [-0.3, -0.25) is 4.79 Å². The molecule has 1 aromatic heterocycles. The van der Waals surface area contributed by atoms with E-state index in [4.69, 9.17) is 14.2 Å². The lowest BCUT2D eigenvalue weighted by molar-refractivity contribution is -0.156. The van der Waals surface area contributed by atoms with Gasteiger partial charge in [-0.1, -0.05) is 65.7 Å². The van der Waals surface area contributed by atoms with E-state index in [2.05, 4.69) is 27.8 Å². The first-order valence-corrected chi connectivity index (χ1v) is 11.4. The Bertz CT molecular complexity index is 989. The second-order valence-corrected chi connectivity index (χ2v) is 7.76. The first-order valence-electron chi connectivity index (χ1n) is 10.3. The summed E-state index contributed by atoms with van der Waals surface area (Å²) < 4.78 is 17.9. The Morgan fingerprint density at radius 2 is 1.87 bits per heavy atom. The van der Waals surface area contributed by atoms with Gasteiger partial charge in [0.25, 0.3) is 0 Å². The second kappa shape index (κ2) is 11.3. The van der Waals surface area contributed by atoms with Crippen LogP contribution in [0.1, 0.15) is 43.9 Å². The third-order valence-corrected chi connectivity index (χ3v) is 5.41. The molecule has 0 radical (unpaired) electrons. The fraction of sp³-hybridized carbons (Fsp3) is 0.375. The number of hydrogen-bond donors (Lipinski definition) is 1. The van der Waals surface area contributed by atoms with Crippen LogP contribution in [0.25, 0.3) is 10.9 Å². The Morgan fingerprint density at radius 1 is 1.07 bits per heavy atom. The molecule has 0 aliphatic heterocycles. The van der Waals surface area contributed by atoms with Crippen molar-refractivity contribution >= 4 is 26.8 Å². The van der Waals surface area contributed by atoms with E-state index in [0.29, 0.717) is 29.8 Å². The highest BCUT2D eigenvalue weighted by atomic mass is 79.9. The summed E-state index contributed by atoms with van der Waals surface area (Å²) in [6.07, 6.45) is 1.53. The molecule has 1 heterocycles. The lowest BCUT2D eigenvalue weighted by atomic mass is 10.0. The fourth-order valence-electron chi connectivity index (χ4n) is 3.24. The molecule has 0 aliphatic carbocycles. The highest BCUT2D eigenvalue weighted by molar-refractivity contribution is 9.09. The van der Waals surface area contributed by atoms with Crippen LogP contribution < -0.4 is 10.3 Å². The van der Waals surface area contributed by atoms with Crippen molar-refractivity contribution in [2.45, 2.75) is 45.7 Å².